The van der Waals surface area contributed by atoms with Gasteiger partial charge in [0.05, 0.1) is 22.3 Å². The maximum absolute atomic E-state index is 12.4. The van der Waals surface area contributed by atoms with Crippen LogP contribution in [-0.4, -0.2) is 9.97 Å². The van der Waals surface area contributed by atoms with Crippen LogP contribution in [0.25, 0.3) is 10.2 Å². The molecule has 0 aliphatic rings. The van der Waals surface area contributed by atoms with Gasteiger partial charge in [-0.2, -0.15) is 5.26 Å². The monoisotopic (exact) mass is 355 g/mol. The average molecular weight is 355 g/mol. The molecule has 0 spiro atoms. The Morgan fingerprint density at radius 1 is 1.33 bits per heavy atom. The molecule has 0 aliphatic carbocycles. The number of aromatic nitrogens is 2. The first-order valence-electron chi connectivity index (χ1n) is 7.60. The van der Waals surface area contributed by atoms with E-state index in [0.29, 0.717) is 16.8 Å². The fraction of sp³-hybridized carbons (Fsp3) is 0.278. The van der Waals surface area contributed by atoms with Gasteiger partial charge in [-0.15, -0.1) is 23.1 Å². The van der Waals surface area contributed by atoms with E-state index in [1.807, 2.05) is 45.0 Å². The number of fused-ring (bicyclic) bond motifs is 1. The first-order valence-corrected chi connectivity index (χ1v) is 9.46. The standard InChI is InChI=1S/C18H17N3OS2/c1-10-11(2)24-18-15(10)17(22)20-16(21-18)12(3)23-9-14-6-4-13(8-19)5-7-14/h4-7,12H,9H2,1-3H3,(H,20,21,22)/t12-/m1/s1. The summed E-state index contributed by atoms with van der Waals surface area (Å²) in [5.74, 6) is 1.52. The van der Waals surface area contributed by atoms with Crippen LogP contribution in [0.1, 0.15) is 39.6 Å². The van der Waals surface area contributed by atoms with Gasteiger partial charge >= 0.3 is 0 Å². The quantitative estimate of drug-likeness (QED) is 0.750. The Morgan fingerprint density at radius 2 is 2.04 bits per heavy atom. The van der Waals surface area contributed by atoms with E-state index in [9.17, 15) is 4.79 Å². The highest BCUT2D eigenvalue weighted by atomic mass is 32.2. The van der Waals surface area contributed by atoms with Crippen molar-refractivity contribution < 1.29 is 0 Å². The largest absolute Gasteiger partial charge is 0.309 e. The molecule has 0 aliphatic heterocycles. The third-order valence-electron chi connectivity index (χ3n) is 4.03. The van der Waals surface area contributed by atoms with Crippen LogP contribution in [0.3, 0.4) is 0 Å². The number of thiophene rings is 1. The Bertz CT molecular complexity index is 980. The number of hydrogen-bond acceptors (Lipinski definition) is 5. The molecule has 2 aromatic heterocycles. The molecule has 0 saturated carbocycles. The minimum absolute atomic E-state index is 0.0531. The molecule has 0 radical (unpaired) electrons. The van der Waals surface area contributed by atoms with E-state index in [1.54, 1.807) is 23.1 Å². The van der Waals surface area contributed by atoms with Gasteiger partial charge in [-0.05, 0) is 44.0 Å². The lowest BCUT2D eigenvalue weighted by Crippen LogP contribution is -2.12. The van der Waals surface area contributed by atoms with Gasteiger partial charge in [0.25, 0.3) is 5.56 Å². The smallest absolute Gasteiger partial charge is 0.259 e. The van der Waals surface area contributed by atoms with Gasteiger partial charge in [-0.25, -0.2) is 4.98 Å². The second-order valence-electron chi connectivity index (χ2n) is 5.68. The van der Waals surface area contributed by atoms with E-state index in [-0.39, 0.29) is 10.8 Å². The Balaban J connectivity index is 1.79. The Kier molecular flexibility index (Phi) is 4.74. The number of H-pyrrole nitrogens is 1. The first-order chi connectivity index (χ1) is 11.5. The van der Waals surface area contributed by atoms with E-state index in [1.165, 1.54) is 0 Å². The van der Waals surface area contributed by atoms with E-state index < -0.39 is 0 Å². The van der Waals surface area contributed by atoms with Crippen LogP contribution in [-0.2, 0) is 5.75 Å². The summed E-state index contributed by atoms with van der Waals surface area (Å²) in [5.41, 5.74) is 2.78. The zero-order chi connectivity index (χ0) is 17.3. The van der Waals surface area contributed by atoms with Gasteiger partial charge < -0.3 is 4.98 Å². The normalized spacial score (nSPS) is 12.2. The lowest BCUT2D eigenvalue weighted by atomic mass is 10.2. The summed E-state index contributed by atoms with van der Waals surface area (Å²) in [6.45, 7) is 6.03. The van der Waals surface area contributed by atoms with Gasteiger partial charge in [-0.1, -0.05) is 12.1 Å². The Hall–Kier alpha value is -2.10. The van der Waals surface area contributed by atoms with Crippen molar-refractivity contribution in [3.05, 3.63) is 62.0 Å². The highest BCUT2D eigenvalue weighted by molar-refractivity contribution is 7.98. The van der Waals surface area contributed by atoms with Crippen molar-refractivity contribution in [3.8, 4) is 6.07 Å². The summed E-state index contributed by atoms with van der Waals surface area (Å²) in [6, 6.07) is 9.69. The lowest BCUT2D eigenvalue weighted by Gasteiger charge is -2.10. The predicted molar refractivity (Wildman–Crippen MR) is 101 cm³/mol. The SMILES string of the molecule is Cc1sc2nc([C@@H](C)SCc3ccc(C#N)cc3)[nH]c(=O)c2c1C. The molecule has 1 atom stereocenters. The van der Waals surface area contributed by atoms with E-state index in [4.69, 9.17) is 5.26 Å². The Morgan fingerprint density at radius 3 is 2.71 bits per heavy atom. The van der Waals surface area contributed by atoms with Crippen molar-refractivity contribution in [1.82, 2.24) is 9.97 Å². The van der Waals surface area contributed by atoms with E-state index in [0.717, 1.165) is 26.6 Å². The molecule has 0 unspecified atom stereocenters. The summed E-state index contributed by atoms with van der Waals surface area (Å²) in [7, 11) is 0. The minimum atomic E-state index is -0.0531. The van der Waals surface area contributed by atoms with Gasteiger partial charge in [0.1, 0.15) is 10.7 Å². The molecule has 24 heavy (non-hydrogen) atoms. The number of aromatic amines is 1. The number of aryl methyl sites for hydroxylation is 2. The molecule has 2 heterocycles. The molecule has 0 fully saturated rings. The van der Waals surface area contributed by atoms with Gasteiger partial charge in [0.2, 0.25) is 0 Å². The van der Waals surface area contributed by atoms with Crippen LogP contribution in [0.15, 0.2) is 29.1 Å². The van der Waals surface area contributed by atoms with Crippen molar-refractivity contribution in [3.63, 3.8) is 0 Å². The van der Waals surface area contributed by atoms with Crippen molar-refractivity contribution in [2.45, 2.75) is 31.8 Å². The van der Waals surface area contributed by atoms with Crippen LogP contribution in [0, 0.1) is 25.2 Å². The third-order valence-corrected chi connectivity index (χ3v) is 6.35. The van der Waals surface area contributed by atoms with Crippen LogP contribution < -0.4 is 5.56 Å². The number of benzene rings is 1. The zero-order valence-corrected chi connectivity index (χ0v) is 15.3. The van der Waals surface area contributed by atoms with Crippen molar-refractivity contribution in [2.75, 3.05) is 0 Å². The number of thioether (sulfide) groups is 1. The molecule has 4 nitrogen and oxygen atoms in total. The molecule has 0 bridgehead atoms. The summed E-state index contributed by atoms with van der Waals surface area (Å²) in [6.07, 6.45) is 0. The summed E-state index contributed by atoms with van der Waals surface area (Å²) in [5, 5.41) is 9.63. The van der Waals surface area contributed by atoms with E-state index in [2.05, 4.69) is 16.0 Å². The predicted octanol–water partition coefficient (Wildman–Crippen LogP) is 4.47. The Labute approximate surface area is 148 Å². The average Bonchev–Trinajstić information content (AvgIpc) is 2.87. The molecule has 1 aromatic carbocycles. The van der Waals surface area contributed by atoms with Crippen LogP contribution in [0.2, 0.25) is 0 Å². The topological polar surface area (TPSA) is 69.5 Å². The maximum atomic E-state index is 12.4. The molecule has 6 heteroatoms. The molecule has 122 valence electrons. The number of nitriles is 1. The van der Waals surface area contributed by atoms with Crippen LogP contribution >= 0.6 is 23.1 Å². The molecule has 1 N–H and O–H groups in total. The third kappa shape index (κ3) is 3.23. The van der Waals surface area contributed by atoms with Crippen molar-refractivity contribution >= 4 is 33.3 Å². The first kappa shape index (κ1) is 16.7. The summed E-state index contributed by atoms with van der Waals surface area (Å²) < 4.78 is 0. The lowest BCUT2D eigenvalue weighted by molar-refractivity contribution is 0.925. The second kappa shape index (κ2) is 6.80. The maximum Gasteiger partial charge on any atom is 0.259 e. The van der Waals surface area contributed by atoms with Gasteiger partial charge in [-0.3, -0.25) is 4.79 Å². The van der Waals surface area contributed by atoms with E-state index >= 15 is 0 Å². The fourth-order valence-electron chi connectivity index (χ4n) is 2.44. The molecule has 3 rings (SSSR count). The number of rotatable bonds is 4. The second-order valence-corrected chi connectivity index (χ2v) is 8.21. The number of hydrogen-bond donors (Lipinski definition) is 1. The summed E-state index contributed by atoms with van der Waals surface area (Å²) >= 11 is 3.29. The van der Waals surface area contributed by atoms with Crippen LogP contribution in [0.5, 0.6) is 0 Å². The van der Waals surface area contributed by atoms with Crippen LogP contribution in [0.4, 0.5) is 0 Å². The fourth-order valence-corrected chi connectivity index (χ4v) is 4.38. The summed E-state index contributed by atoms with van der Waals surface area (Å²) in [4.78, 5) is 21.9. The van der Waals surface area contributed by atoms with Gasteiger partial charge in [0, 0.05) is 10.6 Å². The number of nitrogens with zero attached hydrogens (tertiary/aromatic N) is 2. The molecular formula is C18H17N3OS2. The molecule has 0 amide bonds. The zero-order valence-electron chi connectivity index (χ0n) is 13.7. The molecule has 0 saturated heterocycles. The molecule has 3 aromatic rings. The molecular weight excluding hydrogens is 338 g/mol. The van der Waals surface area contributed by atoms with Crippen molar-refractivity contribution in [2.24, 2.45) is 0 Å². The minimum Gasteiger partial charge on any atom is -0.309 e. The number of nitrogens with one attached hydrogen (secondary N) is 1. The highest BCUT2D eigenvalue weighted by Gasteiger charge is 2.15. The van der Waals surface area contributed by atoms with Crippen molar-refractivity contribution in [1.29, 1.82) is 5.26 Å². The highest BCUT2D eigenvalue weighted by Crippen LogP contribution is 2.31. The van der Waals surface area contributed by atoms with Gasteiger partial charge in [0.15, 0.2) is 0 Å².